The van der Waals surface area contributed by atoms with E-state index in [2.05, 4.69) is 10.6 Å². The van der Waals surface area contributed by atoms with E-state index in [0.29, 0.717) is 23.5 Å². The second-order valence-electron chi connectivity index (χ2n) is 6.53. The molecule has 0 saturated carbocycles. The maximum absolute atomic E-state index is 12.7. The quantitative estimate of drug-likeness (QED) is 0.643. The number of ether oxygens (including phenoxy) is 1. The number of hydrogen-bond acceptors (Lipinski definition) is 3. The van der Waals surface area contributed by atoms with Gasteiger partial charge in [0.2, 0.25) is 0 Å². The first kappa shape index (κ1) is 19.4. The molecule has 0 aliphatic heterocycles. The fraction of sp³-hybridized carbons (Fsp3) is 0.217. The van der Waals surface area contributed by atoms with Gasteiger partial charge in [0.15, 0.2) is 6.10 Å². The van der Waals surface area contributed by atoms with Crippen molar-refractivity contribution in [2.45, 2.75) is 26.4 Å². The predicted molar refractivity (Wildman–Crippen MR) is 112 cm³/mol. The third-order valence-corrected chi connectivity index (χ3v) is 4.39. The lowest BCUT2D eigenvalue weighted by Crippen LogP contribution is -2.32. The smallest absolute Gasteiger partial charge is 0.265 e. The van der Waals surface area contributed by atoms with Crippen LogP contribution in [0.3, 0.4) is 0 Å². The minimum atomic E-state index is -0.724. The van der Waals surface area contributed by atoms with Crippen LogP contribution in [0.15, 0.2) is 66.7 Å². The van der Waals surface area contributed by atoms with Crippen molar-refractivity contribution in [3.8, 4) is 5.75 Å². The Morgan fingerprint density at radius 1 is 0.964 bits per heavy atom. The van der Waals surface area contributed by atoms with Crippen molar-refractivity contribution in [1.82, 2.24) is 5.32 Å². The van der Waals surface area contributed by atoms with Crippen molar-refractivity contribution in [2.24, 2.45) is 0 Å². The average Bonchev–Trinajstić information content (AvgIpc) is 2.72. The molecule has 0 aliphatic rings. The average molecular weight is 376 g/mol. The molecule has 2 amide bonds. The van der Waals surface area contributed by atoms with Crippen molar-refractivity contribution < 1.29 is 14.3 Å². The molecule has 3 aromatic rings. The van der Waals surface area contributed by atoms with Gasteiger partial charge in [0, 0.05) is 11.9 Å². The highest BCUT2D eigenvalue weighted by Crippen LogP contribution is 2.26. The van der Waals surface area contributed by atoms with Crippen LogP contribution in [0, 0.1) is 0 Å². The maximum atomic E-state index is 12.7. The molecule has 0 heterocycles. The van der Waals surface area contributed by atoms with Gasteiger partial charge in [-0.25, -0.2) is 0 Å². The lowest BCUT2D eigenvalue weighted by Gasteiger charge is -2.17. The van der Waals surface area contributed by atoms with E-state index in [1.165, 1.54) is 0 Å². The van der Waals surface area contributed by atoms with Crippen LogP contribution in [0.4, 0.5) is 5.69 Å². The molecule has 0 bridgehead atoms. The molecule has 2 N–H and O–H groups in total. The van der Waals surface area contributed by atoms with Crippen molar-refractivity contribution in [2.75, 3.05) is 11.9 Å². The fourth-order valence-electron chi connectivity index (χ4n) is 2.90. The van der Waals surface area contributed by atoms with Crippen molar-refractivity contribution >= 4 is 28.3 Å². The number of hydrogen-bond donors (Lipinski definition) is 2. The Balaban J connectivity index is 1.74. The topological polar surface area (TPSA) is 67.4 Å². The monoisotopic (exact) mass is 376 g/mol. The van der Waals surface area contributed by atoms with E-state index in [1.54, 1.807) is 31.2 Å². The first-order valence-electron chi connectivity index (χ1n) is 9.42. The standard InChI is InChI=1S/C23H24N2O3/c1-3-15-24-23(27)19-12-6-7-13-20(19)25-22(26)16(2)28-21-14-8-10-17-9-4-5-11-18(17)21/h4-14,16H,3,15H2,1-2H3,(H,24,27)(H,25,26). The molecule has 3 aromatic carbocycles. The minimum absolute atomic E-state index is 0.208. The second-order valence-corrected chi connectivity index (χ2v) is 6.53. The van der Waals surface area contributed by atoms with E-state index < -0.39 is 6.10 Å². The van der Waals surface area contributed by atoms with E-state index >= 15 is 0 Å². The molecule has 0 spiro atoms. The summed E-state index contributed by atoms with van der Waals surface area (Å²) < 4.78 is 5.91. The van der Waals surface area contributed by atoms with Crippen LogP contribution in [0.2, 0.25) is 0 Å². The van der Waals surface area contributed by atoms with E-state index in [9.17, 15) is 9.59 Å². The molecule has 0 aliphatic carbocycles. The Hall–Kier alpha value is -3.34. The molecule has 28 heavy (non-hydrogen) atoms. The molecule has 5 nitrogen and oxygen atoms in total. The Kier molecular flexibility index (Phi) is 6.27. The van der Waals surface area contributed by atoms with Gasteiger partial charge < -0.3 is 15.4 Å². The summed E-state index contributed by atoms with van der Waals surface area (Å²) in [5.74, 6) is 0.124. The maximum Gasteiger partial charge on any atom is 0.265 e. The summed E-state index contributed by atoms with van der Waals surface area (Å²) >= 11 is 0. The molecule has 3 rings (SSSR count). The Bertz CT molecular complexity index is 979. The zero-order valence-electron chi connectivity index (χ0n) is 16.1. The third-order valence-electron chi connectivity index (χ3n) is 4.39. The van der Waals surface area contributed by atoms with Gasteiger partial charge in [0.25, 0.3) is 11.8 Å². The number of nitrogens with one attached hydrogen (secondary N) is 2. The second kappa shape index (κ2) is 9.04. The van der Waals surface area contributed by atoms with Gasteiger partial charge in [-0.15, -0.1) is 0 Å². The van der Waals surface area contributed by atoms with Crippen molar-refractivity contribution in [3.05, 3.63) is 72.3 Å². The molecule has 0 fully saturated rings. The number of anilines is 1. The normalized spacial score (nSPS) is 11.6. The van der Waals surface area contributed by atoms with E-state index in [-0.39, 0.29) is 11.8 Å². The summed E-state index contributed by atoms with van der Waals surface area (Å²) in [4.78, 5) is 25.0. The number of carbonyl (C=O) groups is 2. The lowest BCUT2D eigenvalue weighted by molar-refractivity contribution is -0.122. The van der Waals surface area contributed by atoms with Gasteiger partial charge in [-0.3, -0.25) is 9.59 Å². The predicted octanol–water partition coefficient (Wildman–Crippen LogP) is 4.39. The van der Waals surface area contributed by atoms with Crippen LogP contribution >= 0.6 is 0 Å². The van der Waals surface area contributed by atoms with Gasteiger partial charge in [-0.1, -0.05) is 55.5 Å². The Morgan fingerprint density at radius 3 is 2.50 bits per heavy atom. The molecule has 0 saturated heterocycles. The zero-order valence-corrected chi connectivity index (χ0v) is 16.1. The summed E-state index contributed by atoms with van der Waals surface area (Å²) in [7, 11) is 0. The SMILES string of the molecule is CCCNC(=O)c1ccccc1NC(=O)C(C)Oc1cccc2ccccc12. The van der Waals surface area contributed by atoms with Gasteiger partial charge in [-0.2, -0.15) is 0 Å². The first-order valence-corrected chi connectivity index (χ1v) is 9.42. The number of fused-ring (bicyclic) bond motifs is 1. The molecule has 0 radical (unpaired) electrons. The van der Waals surface area contributed by atoms with Crippen LogP contribution in [0.1, 0.15) is 30.6 Å². The molecule has 1 unspecified atom stereocenters. The van der Waals surface area contributed by atoms with Crippen molar-refractivity contribution in [1.29, 1.82) is 0 Å². The largest absolute Gasteiger partial charge is 0.480 e. The van der Waals surface area contributed by atoms with E-state index in [0.717, 1.165) is 17.2 Å². The number of amides is 2. The number of carbonyl (C=O) groups excluding carboxylic acids is 2. The van der Waals surface area contributed by atoms with Gasteiger partial charge in [-0.05, 0) is 36.9 Å². The Morgan fingerprint density at radius 2 is 1.68 bits per heavy atom. The van der Waals surface area contributed by atoms with Crippen LogP contribution in [0.5, 0.6) is 5.75 Å². The van der Waals surface area contributed by atoms with E-state index in [4.69, 9.17) is 4.74 Å². The number of rotatable bonds is 7. The summed E-state index contributed by atoms with van der Waals surface area (Å²) in [5.41, 5.74) is 0.899. The highest BCUT2D eigenvalue weighted by molar-refractivity contribution is 6.04. The van der Waals surface area contributed by atoms with E-state index in [1.807, 2.05) is 49.4 Å². The summed E-state index contributed by atoms with van der Waals surface area (Å²) in [5, 5.41) is 7.64. The molecule has 1 atom stereocenters. The third kappa shape index (κ3) is 4.49. The summed E-state index contributed by atoms with van der Waals surface area (Å²) in [6, 6.07) is 20.6. The summed E-state index contributed by atoms with van der Waals surface area (Å²) in [6.07, 6.45) is 0.119. The molecule has 5 heteroatoms. The first-order chi connectivity index (χ1) is 13.6. The number of benzene rings is 3. The van der Waals surface area contributed by atoms with Crippen molar-refractivity contribution in [3.63, 3.8) is 0 Å². The fourth-order valence-corrected chi connectivity index (χ4v) is 2.90. The highest BCUT2D eigenvalue weighted by atomic mass is 16.5. The highest BCUT2D eigenvalue weighted by Gasteiger charge is 2.19. The van der Waals surface area contributed by atoms with Gasteiger partial charge in [0.1, 0.15) is 5.75 Å². The minimum Gasteiger partial charge on any atom is -0.480 e. The van der Waals surface area contributed by atoms with Gasteiger partial charge in [0.05, 0.1) is 11.3 Å². The van der Waals surface area contributed by atoms with Gasteiger partial charge >= 0.3 is 0 Å². The number of para-hydroxylation sites is 1. The van der Waals surface area contributed by atoms with Crippen LogP contribution in [-0.2, 0) is 4.79 Å². The van der Waals surface area contributed by atoms with Crippen LogP contribution in [0.25, 0.3) is 10.8 Å². The Labute approximate surface area is 164 Å². The summed E-state index contributed by atoms with van der Waals surface area (Å²) in [6.45, 7) is 4.26. The molecular weight excluding hydrogens is 352 g/mol. The van der Waals surface area contributed by atoms with Crippen LogP contribution in [-0.4, -0.2) is 24.5 Å². The molecule has 144 valence electrons. The molecule has 0 aromatic heterocycles. The zero-order chi connectivity index (χ0) is 19.9. The molecular formula is C23H24N2O3. The van der Waals surface area contributed by atoms with Crippen LogP contribution < -0.4 is 15.4 Å². The lowest BCUT2D eigenvalue weighted by atomic mass is 10.1.